The number of anilines is 1. The fourth-order valence-electron chi connectivity index (χ4n) is 2.04. The molecule has 6 nitrogen and oxygen atoms in total. The number of hydrogen-bond acceptors (Lipinski definition) is 4. The lowest BCUT2D eigenvalue weighted by atomic mass is 10.1. The number of H-pyrrole nitrogens is 1. The molecule has 0 bridgehead atoms. The molecule has 1 amide bonds. The minimum atomic E-state index is -0.220. The summed E-state index contributed by atoms with van der Waals surface area (Å²) >= 11 is 5.91. The van der Waals surface area contributed by atoms with Gasteiger partial charge in [-0.15, -0.1) is 0 Å². The van der Waals surface area contributed by atoms with Gasteiger partial charge in [0.25, 0.3) is 0 Å². The third kappa shape index (κ3) is 2.96. The van der Waals surface area contributed by atoms with Gasteiger partial charge in [0.1, 0.15) is 0 Å². The van der Waals surface area contributed by atoms with Gasteiger partial charge in [-0.05, 0) is 18.2 Å². The number of nitrogens with one attached hydrogen (secondary N) is 2. The van der Waals surface area contributed by atoms with Crippen LogP contribution in [0, 0.1) is 0 Å². The first-order chi connectivity index (χ1) is 10.6. The van der Waals surface area contributed by atoms with Crippen molar-refractivity contribution in [3.8, 4) is 22.5 Å². The molecule has 0 radical (unpaired) electrons. The summed E-state index contributed by atoms with van der Waals surface area (Å²) in [6.07, 6.45) is 3.27. The van der Waals surface area contributed by atoms with Gasteiger partial charge in [0.15, 0.2) is 0 Å². The lowest BCUT2D eigenvalue weighted by Gasteiger charge is -2.05. The standard InChI is InChI=1S/C15H12ClN5O/c1-9(22)19-15-17-7-6-13(20-15)12-8-18-21-14(12)10-2-4-11(16)5-3-10/h2-8H,1H3,(H,18,21)(H,17,19,20,22). The Bertz CT molecular complexity index is 813. The van der Waals surface area contributed by atoms with E-state index in [1.165, 1.54) is 6.92 Å². The number of aromatic amines is 1. The molecule has 2 aromatic heterocycles. The van der Waals surface area contributed by atoms with Crippen LogP contribution in [0.25, 0.3) is 22.5 Å². The molecule has 0 fully saturated rings. The Kier molecular flexibility index (Phi) is 3.84. The van der Waals surface area contributed by atoms with Crippen molar-refractivity contribution in [2.75, 3.05) is 5.32 Å². The highest BCUT2D eigenvalue weighted by Gasteiger charge is 2.12. The highest BCUT2D eigenvalue weighted by Crippen LogP contribution is 2.29. The van der Waals surface area contributed by atoms with E-state index >= 15 is 0 Å². The molecule has 2 heterocycles. The van der Waals surface area contributed by atoms with Gasteiger partial charge in [-0.25, -0.2) is 9.97 Å². The fourth-order valence-corrected chi connectivity index (χ4v) is 2.17. The molecule has 3 aromatic rings. The molecule has 0 aliphatic rings. The van der Waals surface area contributed by atoms with Crippen molar-refractivity contribution in [3.05, 3.63) is 47.7 Å². The number of carbonyl (C=O) groups is 1. The normalized spacial score (nSPS) is 10.5. The summed E-state index contributed by atoms with van der Waals surface area (Å²) in [5, 5.41) is 10.3. The van der Waals surface area contributed by atoms with Gasteiger partial charge in [0.05, 0.1) is 17.6 Å². The predicted octanol–water partition coefficient (Wildman–Crippen LogP) is 3.15. The van der Waals surface area contributed by atoms with Crippen molar-refractivity contribution >= 4 is 23.5 Å². The Balaban J connectivity index is 2.01. The lowest BCUT2D eigenvalue weighted by molar-refractivity contribution is -0.114. The van der Waals surface area contributed by atoms with E-state index in [0.717, 1.165) is 16.8 Å². The molecule has 0 saturated carbocycles. The van der Waals surface area contributed by atoms with Crippen LogP contribution in [0.4, 0.5) is 5.95 Å². The molecule has 0 spiro atoms. The van der Waals surface area contributed by atoms with Crippen molar-refractivity contribution in [1.29, 1.82) is 0 Å². The maximum Gasteiger partial charge on any atom is 0.229 e. The van der Waals surface area contributed by atoms with Crippen LogP contribution in [0.1, 0.15) is 6.92 Å². The predicted molar refractivity (Wildman–Crippen MR) is 84.4 cm³/mol. The molecule has 110 valence electrons. The molecular formula is C15H12ClN5O. The second-order valence-corrected chi connectivity index (χ2v) is 5.05. The molecule has 22 heavy (non-hydrogen) atoms. The molecule has 0 aliphatic heterocycles. The Hall–Kier alpha value is -2.73. The van der Waals surface area contributed by atoms with Gasteiger partial charge >= 0.3 is 0 Å². The first-order valence-electron chi connectivity index (χ1n) is 6.54. The van der Waals surface area contributed by atoms with Crippen molar-refractivity contribution in [2.24, 2.45) is 0 Å². The fraction of sp³-hybridized carbons (Fsp3) is 0.0667. The van der Waals surface area contributed by atoms with Crippen LogP contribution >= 0.6 is 11.6 Å². The summed E-state index contributed by atoms with van der Waals surface area (Å²) in [5.74, 6) is 0.0375. The van der Waals surface area contributed by atoms with Crippen LogP contribution in [0.5, 0.6) is 0 Å². The van der Waals surface area contributed by atoms with E-state index in [9.17, 15) is 4.79 Å². The minimum Gasteiger partial charge on any atom is -0.295 e. The van der Waals surface area contributed by atoms with Gasteiger partial charge in [0, 0.05) is 29.3 Å². The largest absolute Gasteiger partial charge is 0.295 e. The van der Waals surface area contributed by atoms with Gasteiger partial charge < -0.3 is 0 Å². The second-order valence-electron chi connectivity index (χ2n) is 4.61. The molecular weight excluding hydrogens is 302 g/mol. The molecule has 1 aromatic carbocycles. The first kappa shape index (κ1) is 14.2. The maximum atomic E-state index is 11.1. The van der Waals surface area contributed by atoms with Crippen molar-refractivity contribution in [1.82, 2.24) is 20.2 Å². The topological polar surface area (TPSA) is 83.6 Å². The van der Waals surface area contributed by atoms with Crippen LogP contribution in [0.15, 0.2) is 42.7 Å². The minimum absolute atomic E-state index is 0.220. The van der Waals surface area contributed by atoms with E-state index < -0.39 is 0 Å². The summed E-state index contributed by atoms with van der Waals surface area (Å²) < 4.78 is 0. The van der Waals surface area contributed by atoms with E-state index in [0.29, 0.717) is 10.7 Å². The third-order valence-electron chi connectivity index (χ3n) is 2.99. The second kappa shape index (κ2) is 5.95. The maximum absolute atomic E-state index is 11.1. The molecule has 0 unspecified atom stereocenters. The molecule has 2 N–H and O–H groups in total. The zero-order valence-corrected chi connectivity index (χ0v) is 12.4. The lowest BCUT2D eigenvalue weighted by Crippen LogP contribution is -2.09. The molecule has 0 aliphatic carbocycles. The molecule has 3 rings (SSSR count). The molecule has 0 saturated heterocycles. The monoisotopic (exact) mass is 313 g/mol. The zero-order valence-electron chi connectivity index (χ0n) is 11.7. The Morgan fingerprint density at radius 1 is 1.23 bits per heavy atom. The number of nitrogens with zero attached hydrogens (tertiary/aromatic N) is 3. The third-order valence-corrected chi connectivity index (χ3v) is 3.24. The van der Waals surface area contributed by atoms with E-state index in [4.69, 9.17) is 11.6 Å². The van der Waals surface area contributed by atoms with Crippen LogP contribution in [-0.4, -0.2) is 26.1 Å². The Labute approximate surface area is 131 Å². The summed E-state index contributed by atoms with van der Waals surface area (Å²) in [6, 6.07) is 9.18. The number of aromatic nitrogens is 4. The van der Waals surface area contributed by atoms with E-state index in [2.05, 4.69) is 25.5 Å². The Morgan fingerprint density at radius 3 is 2.73 bits per heavy atom. The molecule has 7 heteroatoms. The van der Waals surface area contributed by atoms with Crippen LogP contribution in [-0.2, 0) is 4.79 Å². The number of amides is 1. The van der Waals surface area contributed by atoms with Gasteiger partial charge in [-0.1, -0.05) is 23.7 Å². The highest BCUT2D eigenvalue weighted by molar-refractivity contribution is 6.30. The van der Waals surface area contributed by atoms with E-state index in [1.54, 1.807) is 18.5 Å². The van der Waals surface area contributed by atoms with Crippen LogP contribution < -0.4 is 5.32 Å². The summed E-state index contributed by atoms with van der Waals surface area (Å²) in [7, 11) is 0. The van der Waals surface area contributed by atoms with Crippen LogP contribution in [0.2, 0.25) is 5.02 Å². The number of carbonyl (C=O) groups excluding carboxylic acids is 1. The smallest absolute Gasteiger partial charge is 0.229 e. The van der Waals surface area contributed by atoms with E-state index in [1.807, 2.05) is 24.3 Å². The zero-order chi connectivity index (χ0) is 15.5. The van der Waals surface area contributed by atoms with Crippen molar-refractivity contribution in [2.45, 2.75) is 6.92 Å². The van der Waals surface area contributed by atoms with Gasteiger partial charge in [-0.3, -0.25) is 15.2 Å². The Morgan fingerprint density at radius 2 is 2.00 bits per heavy atom. The number of rotatable bonds is 3. The highest BCUT2D eigenvalue weighted by atomic mass is 35.5. The van der Waals surface area contributed by atoms with Gasteiger partial charge in [0.2, 0.25) is 11.9 Å². The van der Waals surface area contributed by atoms with Crippen molar-refractivity contribution in [3.63, 3.8) is 0 Å². The summed E-state index contributed by atoms with van der Waals surface area (Å²) in [5.41, 5.74) is 3.24. The first-order valence-corrected chi connectivity index (χ1v) is 6.91. The quantitative estimate of drug-likeness (QED) is 0.778. The van der Waals surface area contributed by atoms with Crippen LogP contribution in [0.3, 0.4) is 0 Å². The summed E-state index contributed by atoms with van der Waals surface area (Å²) in [6.45, 7) is 1.41. The molecule has 0 atom stereocenters. The number of hydrogen-bond donors (Lipinski definition) is 2. The van der Waals surface area contributed by atoms with Crippen molar-refractivity contribution < 1.29 is 4.79 Å². The average molecular weight is 314 g/mol. The SMILES string of the molecule is CC(=O)Nc1nccc(-c2cn[nH]c2-c2ccc(Cl)cc2)n1. The number of halogens is 1. The number of benzene rings is 1. The average Bonchev–Trinajstić information content (AvgIpc) is 2.97. The summed E-state index contributed by atoms with van der Waals surface area (Å²) in [4.78, 5) is 19.5. The van der Waals surface area contributed by atoms with Gasteiger partial charge in [-0.2, -0.15) is 5.10 Å². The van der Waals surface area contributed by atoms with E-state index in [-0.39, 0.29) is 11.9 Å².